The molecule has 0 aromatic carbocycles. The third kappa shape index (κ3) is 2.74. The molecular formula is C12H14ClN3O2S. The highest BCUT2D eigenvalue weighted by Gasteiger charge is 2.39. The van der Waals surface area contributed by atoms with Crippen molar-refractivity contribution in [2.45, 2.75) is 19.8 Å². The van der Waals surface area contributed by atoms with Crippen molar-refractivity contribution in [1.82, 2.24) is 5.32 Å². The molecule has 0 aliphatic carbocycles. The summed E-state index contributed by atoms with van der Waals surface area (Å²) in [5.41, 5.74) is 0.730. The number of thioether (sulfide) groups is 1. The van der Waals surface area contributed by atoms with Crippen LogP contribution in [0.4, 0.5) is 0 Å². The Morgan fingerprint density at radius 1 is 1.47 bits per heavy atom. The standard InChI is InChI=1S/C12H14ClN3O2S/c1-6-8-10(17)15-7(4-3-5-13)16-12(8)19-9(6)11(18)14-2/h8H,3-5H2,1-2H3,(H,14,18). The number of likely N-dealkylation sites (N-methyl/N-ethyl adjacent to an activating group) is 1. The van der Waals surface area contributed by atoms with Gasteiger partial charge in [-0.15, -0.1) is 11.6 Å². The highest BCUT2D eigenvalue weighted by atomic mass is 35.5. The molecule has 0 aromatic heterocycles. The fourth-order valence-electron chi connectivity index (χ4n) is 1.96. The Kier molecular flexibility index (Phi) is 4.42. The number of hydrogen-bond donors (Lipinski definition) is 1. The maximum absolute atomic E-state index is 12.0. The van der Waals surface area contributed by atoms with Crippen molar-refractivity contribution in [1.29, 1.82) is 0 Å². The molecule has 0 aromatic rings. The van der Waals surface area contributed by atoms with Gasteiger partial charge in [0.05, 0.1) is 9.95 Å². The lowest BCUT2D eigenvalue weighted by molar-refractivity contribution is -0.118. The van der Waals surface area contributed by atoms with Gasteiger partial charge in [-0.05, 0) is 18.9 Å². The Morgan fingerprint density at radius 2 is 2.21 bits per heavy atom. The third-order valence-corrected chi connectivity index (χ3v) is 4.45. The van der Waals surface area contributed by atoms with Crippen molar-refractivity contribution in [3.63, 3.8) is 0 Å². The van der Waals surface area contributed by atoms with Crippen LogP contribution in [-0.4, -0.2) is 35.6 Å². The number of rotatable bonds is 4. The fraction of sp³-hybridized carbons (Fsp3) is 0.500. The number of alkyl halides is 1. The minimum absolute atomic E-state index is 0.185. The molecule has 0 bridgehead atoms. The van der Waals surface area contributed by atoms with Gasteiger partial charge >= 0.3 is 0 Å². The van der Waals surface area contributed by atoms with Gasteiger partial charge < -0.3 is 5.32 Å². The second-order valence-electron chi connectivity index (χ2n) is 4.24. The van der Waals surface area contributed by atoms with E-state index in [4.69, 9.17) is 11.6 Å². The van der Waals surface area contributed by atoms with Crippen LogP contribution in [0, 0.1) is 5.92 Å². The molecule has 7 heteroatoms. The van der Waals surface area contributed by atoms with Crippen LogP contribution in [0.2, 0.25) is 0 Å². The van der Waals surface area contributed by atoms with Crippen molar-refractivity contribution < 1.29 is 9.59 Å². The van der Waals surface area contributed by atoms with Gasteiger partial charge in [-0.1, -0.05) is 11.8 Å². The van der Waals surface area contributed by atoms with Crippen LogP contribution in [0.1, 0.15) is 19.8 Å². The zero-order chi connectivity index (χ0) is 14.0. The van der Waals surface area contributed by atoms with Crippen molar-refractivity contribution in [2.24, 2.45) is 15.9 Å². The lowest BCUT2D eigenvalue weighted by Crippen LogP contribution is -2.25. The summed E-state index contributed by atoms with van der Waals surface area (Å²) in [6, 6.07) is 0. The second-order valence-corrected chi connectivity index (χ2v) is 5.64. The van der Waals surface area contributed by atoms with Gasteiger partial charge in [0.15, 0.2) is 0 Å². The number of halogens is 1. The molecule has 2 heterocycles. The zero-order valence-corrected chi connectivity index (χ0v) is 12.3. The minimum Gasteiger partial charge on any atom is -0.355 e. The number of amidine groups is 1. The molecule has 0 saturated carbocycles. The second kappa shape index (κ2) is 5.88. The molecule has 1 unspecified atom stereocenters. The first-order chi connectivity index (χ1) is 9.08. The molecule has 2 amide bonds. The molecule has 1 atom stereocenters. The molecule has 2 aliphatic heterocycles. The van der Waals surface area contributed by atoms with Crippen molar-refractivity contribution in [3.05, 3.63) is 10.5 Å². The van der Waals surface area contributed by atoms with E-state index in [2.05, 4.69) is 15.3 Å². The molecule has 5 nitrogen and oxygen atoms in total. The molecule has 0 saturated heterocycles. The van der Waals surface area contributed by atoms with Crippen molar-refractivity contribution >= 4 is 46.1 Å². The molecule has 19 heavy (non-hydrogen) atoms. The predicted molar refractivity (Wildman–Crippen MR) is 77.7 cm³/mol. The van der Waals surface area contributed by atoms with Crippen LogP contribution in [0.3, 0.4) is 0 Å². The lowest BCUT2D eigenvalue weighted by Gasteiger charge is -2.14. The predicted octanol–water partition coefficient (Wildman–Crippen LogP) is 1.73. The van der Waals surface area contributed by atoms with E-state index in [-0.39, 0.29) is 11.8 Å². The summed E-state index contributed by atoms with van der Waals surface area (Å²) in [4.78, 5) is 32.7. The summed E-state index contributed by atoms with van der Waals surface area (Å²) in [6.07, 6.45) is 1.31. The van der Waals surface area contributed by atoms with Crippen LogP contribution >= 0.6 is 23.4 Å². The van der Waals surface area contributed by atoms with Gasteiger partial charge in [-0.25, -0.2) is 4.99 Å². The smallest absolute Gasteiger partial charge is 0.261 e. The van der Waals surface area contributed by atoms with E-state index in [0.717, 1.165) is 12.0 Å². The Balaban J connectivity index is 2.24. The van der Waals surface area contributed by atoms with Crippen molar-refractivity contribution in [3.8, 4) is 0 Å². The number of amides is 2. The van der Waals surface area contributed by atoms with E-state index in [0.29, 0.717) is 28.1 Å². The molecule has 102 valence electrons. The van der Waals surface area contributed by atoms with Crippen LogP contribution in [0.25, 0.3) is 0 Å². The van der Waals surface area contributed by atoms with Gasteiger partial charge in [0, 0.05) is 19.3 Å². The van der Waals surface area contributed by atoms with E-state index < -0.39 is 5.92 Å². The van der Waals surface area contributed by atoms with Gasteiger partial charge in [-0.3, -0.25) is 9.59 Å². The molecule has 2 rings (SSSR count). The summed E-state index contributed by atoms with van der Waals surface area (Å²) in [7, 11) is 1.57. The first kappa shape index (κ1) is 14.3. The highest BCUT2D eigenvalue weighted by Crippen LogP contribution is 2.40. The Labute approximate surface area is 120 Å². The fourth-order valence-corrected chi connectivity index (χ4v) is 3.32. The number of carbonyl (C=O) groups excluding carboxylic acids is 2. The molecule has 0 spiro atoms. The van der Waals surface area contributed by atoms with E-state index in [1.54, 1.807) is 14.0 Å². The van der Waals surface area contributed by atoms with Crippen LogP contribution in [-0.2, 0) is 9.59 Å². The molecule has 0 fully saturated rings. The van der Waals surface area contributed by atoms with Gasteiger partial charge in [0.25, 0.3) is 11.8 Å². The largest absolute Gasteiger partial charge is 0.355 e. The average Bonchev–Trinajstić information content (AvgIpc) is 2.73. The summed E-state index contributed by atoms with van der Waals surface area (Å²) >= 11 is 6.88. The summed E-state index contributed by atoms with van der Waals surface area (Å²) in [5.74, 6) is 0.121. The first-order valence-electron chi connectivity index (χ1n) is 5.95. The summed E-state index contributed by atoms with van der Waals surface area (Å²) in [5, 5.41) is 3.22. The molecule has 1 N–H and O–H groups in total. The van der Waals surface area contributed by atoms with Gasteiger partial charge in [0.1, 0.15) is 11.8 Å². The number of fused-ring (bicyclic) bond motifs is 1. The van der Waals surface area contributed by atoms with E-state index in [9.17, 15) is 9.59 Å². The Morgan fingerprint density at radius 3 is 2.84 bits per heavy atom. The Bertz CT molecular complexity index is 525. The number of nitrogens with one attached hydrogen (secondary N) is 1. The number of nitrogens with zero attached hydrogens (tertiary/aromatic N) is 2. The monoisotopic (exact) mass is 299 g/mol. The number of aliphatic imine (C=N–C) groups is 2. The Hall–Kier alpha value is -1.14. The molecule has 2 aliphatic rings. The minimum atomic E-state index is -0.475. The summed E-state index contributed by atoms with van der Waals surface area (Å²) < 4.78 is 0. The maximum Gasteiger partial charge on any atom is 0.261 e. The van der Waals surface area contributed by atoms with Crippen molar-refractivity contribution in [2.75, 3.05) is 12.9 Å². The van der Waals surface area contributed by atoms with Crippen LogP contribution in [0.15, 0.2) is 20.5 Å². The van der Waals surface area contributed by atoms with Gasteiger partial charge in [-0.2, -0.15) is 4.99 Å². The normalized spacial score (nSPS) is 22.1. The topological polar surface area (TPSA) is 70.9 Å². The van der Waals surface area contributed by atoms with Gasteiger partial charge in [0.2, 0.25) is 0 Å². The quantitative estimate of drug-likeness (QED) is 0.804. The van der Waals surface area contributed by atoms with Crippen LogP contribution in [0.5, 0.6) is 0 Å². The van der Waals surface area contributed by atoms with E-state index in [1.165, 1.54) is 11.8 Å². The van der Waals surface area contributed by atoms with E-state index in [1.807, 2.05) is 0 Å². The highest BCUT2D eigenvalue weighted by molar-refractivity contribution is 8.18. The first-order valence-corrected chi connectivity index (χ1v) is 7.30. The zero-order valence-electron chi connectivity index (χ0n) is 10.7. The average molecular weight is 300 g/mol. The molecular weight excluding hydrogens is 286 g/mol. The van der Waals surface area contributed by atoms with E-state index >= 15 is 0 Å². The van der Waals surface area contributed by atoms with Crippen LogP contribution < -0.4 is 5.32 Å². The summed E-state index contributed by atoms with van der Waals surface area (Å²) in [6.45, 7) is 1.78. The molecule has 0 radical (unpaired) electrons. The maximum atomic E-state index is 12.0. The third-order valence-electron chi connectivity index (χ3n) is 2.94. The number of hydrogen-bond acceptors (Lipinski definition) is 4. The number of carbonyl (C=O) groups is 2. The lowest BCUT2D eigenvalue weighted by atomic mass is 9.99. The SMILES string of the molecule is CNC(=O)C1=C(C)C2C(=O)N=C(CCCCl)N=C2S1.